The fourth-order valence-electron chi connectivity index (χ4n) is 2.77. The van der Waals surface area contributed by atoms with Crippen LogP contribution in [0.1, 0.15) is 124 Å². The van der Waals surface area contributed by atoms with Crippen LogP contribution in [0.15, 0.2) is 12.2 Å². The molecule has 4 nitrogen and oxygen atoms in total. The van der Waals surface area contributed by atoms with Gasteiger partial charge in [0.25, 0.3) is 0 Å². The maximum absolute atomic E-state index is 11.1. The Bertz CT molecular complexity index is 377. The molecule has 29 heavy (non-hydrogen) atoms. The molecule has 4 heteroatoms. The van der Waals surface area contributed by atoms with Crippen LogP contribution in [0.25, 0.3) is 0 Å². The molecule has 0 atom stereocenters. The molecule has 0 heterocycles. The molecule has 0 aromatic heterocycles. The summed E-state index contributed by atoms with van der Waals surface area (Å²) in [4.78, 5) is 21.7. The minimum Gasteiger partial charge on any atom is -0.466 e. The van der Waals surface area contributed by atoms with Crippen LogP contribution in [0, 0.1) is 0 Å². The maximum atomic E-state index is 11.1. The lowest BCUT2D eigenvalue weighted by atomic mass is 10.1. The monoisotopic (exact) mass is 412 g/mol. The molecule has 0 unspecified atom stereocenters. The van der Waals surface area contributed by atoms with Gasteiger partial charge in [-0.2, -0.15) is 0 Å². The number of hydrogen-bond acceptors (Lipinski definition) is 4. The van der Waals surface area contributed by atoms with Crippen molar-refractivity contribution in [3.8, 4) is 0 Å². The molecule has 0 saturated carbocycles. The number of ether oxygens (including phenoxy) is 2. The Morgan fingerprint density at radius 3 is 1.45 bits per heavy atom. The van der Waals surface area contributed by atoms with Gasteiger partial charge in [0.05, 0.1) is 13.2 Å². The zero-order valence-corrected chi connectivity index (χ0v) is 19.8. The summed E-state index contributed by atoms with van der Waals surface area (Å²) < 4.78 is 9.61. The molecule has 0 N–H and O–H groups in total. The van der Waals surface area contributed by atoms with Crippen LogP contribution < -0.4 is 0 Å². The first-order valence-corrected chi connectivity index (χ1v) is 12.1. The quantitative estimate of drug-likeness (QED) is 0.132. The summed E-state index contributed by atoms with van der Waals surface area (Å²) in [7, 11) is 0. The molecule has 0 aromatic rings. The first kappa shape index (κ1) is 29.9. The molecule has 0 bridgehead atoms. The molecule has 0 aromatic carbocycles. The lowest BCUT2D eigenvalue weighted by Gasteiger charge is -2.01. The fourth-order valence-corrected chi connectivity index (χ4v) is 2.77. The first-order valence-electron chi connectivity index (χ1n) is 12.1. The van der Waals surface area contributed by atoms with E-state index in [9.17, 15) is 9.59 Å². The van der Waals surface area contributed by atoms with E-state index in [1.54, 1.807) is 0 Å². The number of esters is 2. The minimum absolute atomic E-state index is 0.0430. The van der Waals surface area contributed by atoms with Crippen LogP contribution in [-0.4, -0.2) is 25.2 Å². The van der Waals surface area contributed by atoms with Crippen LogP contribution in [-0.2, 0) is 19.1 Å². The first-order chi connectivity index (χ1) is 14.1. The molecular weight excluding hydrogens is 364 g/mol. The predicted octanol–water partition coefficient (Wildman–Crippen LogP) is 7.55. The average molecular weight is 413 g/mol. The third-order valence-corrected chi connectivity index (χ3v) is 4.49. The van der Waals surface area contributed by atoms with E-state index < -0.39 is 0 Å². The highest BCUT2D eigenvalue weighted by atomic mass is 16.5. The van der Waals surface area contributed by atoms with Gasteiger partial charge in [0.2, 0.25) is 0 Å². The highest BCUT2D eigenvalue weighted by Crippen LogP contribution is 2.09. The summed E-state index contributed by atoms with van der Waals surface area (Å²) in [6, 6.07) is 0. The molecule has 172 valence electrons. The molecule has 0 aliphatic heterocycles. The number of rotatable bonds is 18. The van der Waals surface area contributed by atoms with Crippen molar-refractivity contribution < 1.29 is 19.1 Å². The lowest BCUT2D eigenvalue weighted by Crippen LogP contribution is -2.03. The normalized spacial score (nSPS) is 10.5. The van der Waals surface area contributed by atoms with Gasteiger partial charge in [-0.25, -0.2) is 0 Å². The van der Waals surface area contributed by atoms with Crippen molar-refractivity contribution in [3.05, 3.63) is 12.2 Å². The third-order valence-electron chi connectivity index (χ3n) is 4.49. The van der Waals surface area contributed by atoms with E-state index in [2.05, 4.69) is 26.0 Å². The van der Waals surface area contributed by atoms with E-state index in [1.165, 1.54) is 57.8 Å². The van der Waals surface area contributed by atoms with Crippen molar-refractivity contribution >= 4 is 11.9 Å². The second-order valence-electron chi connectivity index (χ2n) is 7.34. The summed E-state index contributed by atoms with van der Waals surface area (Å²) in [6.07, 6.45) is 21.7. The number of carbonyl (C=O) groups is 2. The van der Waals surface area contributed by atoms with Gasteiger partial charge in [-0.15, -0.1) is 0 Å². The Labute approximate surface area is 180 Å². The molecule has 0 rings (SSSR count). The molecular formula is C25H48O4. The van der Waals surface area contributed by atoms with E-state index in [0.717, 1.165) is 25.7 Å². The highest BCUT2D eigenvalue weighted by molar-refractivity contribution is 5.69. The summed E-state index contributed by atoms with van der Waals surface area (Å²) in [6.45, 7) is 8.99. The third kappa shape index (κ3) is 29.0. The number of hydrogen-bond donors (Lipinski definition) is 0. The summed E-state index contributed by atoms with van der Waals surface area (Å²) in [5.74, 6) is -0.113. The fraction of sp³-hybridized carbons (Fsp3) is 0.840. The van der Waals surface area contributed by atoms with Crippen LogP contribution in [0.4, 0.5) is 0 Å². The smallest absolute Gasteiger partial charge is 0.305 e. The largest absolute Gasteiger partial charge is 0.466 e. The number of allylic oxidation sites excluding steroid dienone is 2. The minimum atomic E-state index is -0.0700. The maximum Gasteiger partial charge on any atom is 0.305 e. The Hall–Kier alpha value is -1.32. The van der Waals surface area contributed by atoms with Crippen molar-refractivity contribution in [3.63, 3.8) is 0 Å². The van der Waals surface area contributed by atoms with Gasteiger partial charge < -0.3 is 9.47 Å². The van der Waals surface area contributed by atoms with Crippen molar-refractivity contribution in [2.45, 2.75) is 124 Å². The molecule has 0 saturated heterocycles. The predicted molar refractivity (Wildman–Crippen MR) is 123 cm³/mol. The SMILES string of the molecule is CCCCC(=O)OCC.CCCCCCC=CCCCCCCCC(=O)OCC. The van der Waals surface area contributed by atoms with Gasteiger partial charge in [-0.05, 0) is 52.4 Å². The lowest BCUT2D eigenvalue weighted by molar-refractivity contribution is -0.144. The Morgan fingerprint density at radius 1 is 0.552 bits per heavy atom. The van der Waals surface area contributed by atoms with Gasteiger partial charge in [0.1, 0.15) is 0 Å². The topological polar surface area (TPSA) is 52.6 Å². The Morgan fingerprint density at radius 2 is 0.966 bits per heavy atom. The van der Waals surface area contributed by atoms with Gasteiger partial charge in [0, 0.05) is 12.8 Å². The van der Waals surface area contributed by atoms with E-state index in [-0.39, 0.29) is 11.9 Å². The molecule has 0 spiro atoms. The molecule has 0 fully saturated rings. The average Bonchev–Trinajstić information content (AvgIpc) is 2.71. The van der Waals surface area contributed by atoms with Crippen LogP contribution >= 0.6 is 0 Å². The molecule has 0 aliphatic rings. The van der Waals surface area contributed by atoms with Crippen molar-refractivity contribution in [1.82, 2.24) is 0 Å². The standard InChI is InChI=1S/C18H34O2.C7H14O2/c1-3-5-6-7-8-9-10-11-12-13-14-15-16-17-18(19)20-4-2;1-3-5-6-7(8)9-4-2/h9-10H,3-8,11-17H2,1-2H3;3-6H2,1-2H3. The molecule has 0 amide bonds. The second kappa shape index (κ2) is 26.7. The summed E-state index contributed by atoms with van der Waals surface area (Å²) >= 11 is 0. The van der Waals surface area contributed by atoms with E-state index in [4.69, 9.17) is 9.47 Å². The Balaban J connectivity index is 0. The van der Waals surface area contributed by atoms with E-state index >= 15 is 0 Å². The van der Waals surface area contributed by atoms with Crippen molar-refractivity contribution in [2.75, 3.05) is 13.2 Å². The molecule has 0 radical (unpaired) electrons. The van der Waals surface area contributed by atoms with Crippen LogP contribution in [0.5, 0.6) is 0 Å². The van der Waals surface area contributed by atoms with Crippen LogP contribution in [0.3, 0.4) is 0 Å². The molecule has 0 aliphatic carbocycles. The number of carbonyl (C=O) groups excluding carboxylic acids is 2. The van der Waals surface area contributed by atoms with Crippen molar-refractivity contribution in [2.24, 2.45) is 0 Å². The highest BCUT2D eigenvalue weighted by Gasteiger charge is 2.00. The van der Waals surface area contributed by atoms with Gasteiger partial charge in [0.15, 0.2) is 0 Å². The van der Waals surface area contributed by atoms with Gasteiger partial charge in [-0.3, -0.25) is 9.59 Å². The zero-order chi connectivity index (χ0) is 22.0. The zero-order valence-electron chi connectivity index (χ0n) is 19.8. The van der Waals surface area contributed by atoms with Crippen LogP contribution in [0.2, 0.25) is 0 Å². The second-order valence-corrected chi connectivity index (χ2v) is 7.34. The van der Waals surface area contributed by atoms with Gasteiger partial charge >= 0.3 is 11.9 Å². The Kier molecular flexibility index (Phi) is 27.5. The van der Waals surface area contributed by atoms with Gasteiger partial charge in [-0.1, -0.05) is 70.9 Å². The summed E-state index contributed by atoms with van der Waals surface area (Å²) in [5, 5.41) is 0. The number of unbranched alkanes of at least 4 members (excludes halogenated alkanes) is 10. The van der Waals surface area contributed by atoms with E-state index in [0.29, 0.717) is 26.1 Å². The summed E-state index contributed by atoms with van der Waals surface area (Å²) in [5.41, 5.74) is 0. The van der Waals surface area contributed by atoms with E-state index in [1.807, 2.05) is 13.8 Å². The van der Waals surface area contributed by atoms with Crippen molar-refractivity contribution in [1.29, 1.82) is 0 Å².